The van der Waals surface area contributed by atoms with Crippen molar-refractivity contribution in [2.24, 2.45) is 5.92 Å². The molecule has 1 aliphatic carbocycles. The van der Waals surface area contributed by atoms with Crippen LogP contribution in [0.5, 0.6) is 0 Å². The van der Waals surface area contributed by atoms with E-state index in [1.165, 1.54) is 23.1 Å². The molecule has 0 saturated heterocycles. The molecule has 1 N–H and O–H groups in total. The van der Waals surface area contributed by atoms with E-state index in [1.54, 1.807) is 11.3 Å². The number of nitrogens with one attached hydrogen (secondary N) is 1. The van der Waals surface area contributed by atoms with Gasteiger partial charge in [0.15, 0.2) is 5.13 Å². The zero-order valence-electron chi connectivity index (χ0n) is 13.1. The average Bonchev–Trinajstić information content (AvgIpc) is 2.95. The molecule has 116 valence electrons. The van der Waals surface area contributed by atoms with Crippen LogP contribution in [0.3, 0.4) is 0 Å². The van der Waals surface area contributed by atoms with E-state index in [1.807, 2.05) is 7.05 Å². The Bertz CT molecular complexity index is 678. The van der Waals surface area contributed by atoms with Gasteiger partial charge < -0.3 is 10.1 Å². The normalized spacial score (nSPS) is 20.3. The van der Waals surface area contributed by atoms with Gasteiger partial charge in [0.05, 0.1) is 18.7 Å². The maximum atomic E-state index is 12.3. The predicted molar refractivity (Wildman–Crippen MR) is 88.5 cm³/mol. The predicted octanol–water partition coefficient (Wildman–Crippen LogP) is 3.16. The first-order valence-corrected chi connectivity index (χ1v) is 8.24. The largest absolute Gasteiger partial charge is 0.469 e. The van der Waals surface area contributed by atoms with E-state index in [0.29, 0.717) is 6.42 Å². The lowest BCUT2D eigenvalue weighted by atomic mass is 9.76. The first kappa shape index (κ1) is 15.0. The van der Waals surface area contributed by atoms with Crippen molar-refractivity contribution < 1.29 is 9.53 Å². The Morgan fingerprint density at radius 3 is 2.68 bits per heavy atom. The van der Waals surface area contributed by atoms with Crippen molar-refractivity contribution in [3.05, 3.63) is 46.0 Å². The molecule has 5 heteroatoms. The van der Waals surface area contributed by atoms with E-state index in [0.717, 1.165) is 17.2 Å². The van der Waals surface area contributed by atoms with Gasteiger partial charge in [-0.05, 0) is 25.3 Å². The third-order valence-corrected chi connectivity index (χ3v) is 5.44. The van der Waals surface area contributed by atoms with Crippen LogP contribution in [-0.2, 0) is 22.4 Å². The monoisotopic (exact) mass is 316 g/mol. The molecule has 0 saturated carbocycles. The molecule has 1 heterocycles. The minimum Gasteiger partial charge on any atom is -0.469 e. The van der Waals surface area contributed by atoms with Gasteiger partial charge in [-0.15, -0.1) is 11.3 Å². The smallest absolute Gasteiger partial charge is 0.309 e. The molecular formula is C17H20N2O2S. The summed E-state index contributed by atoms with van der Waals surface area (Å²) in [4.78, 5) is 18.1. The minimum absolute atomic E-state index is 0.129. The Labute approximate surface area is 134 Å². The first-order chi connectivity index (χ1) is 10.6. The fourth-order valence-electron chi connectivity index (χ4n) is 3.06. The summed E-state index contributed by atoms with van der Waals surface area (Å²) in [6, 6.07) is 8.43. The van der Waals surface area contributed by atoms with E-state index in [9.17, 15) is 4.79 Å². The number of ether oxygens (including phenoxy) is 1. The summed E-state index contributed by atoms with van der Waals surface area (Å²) >= 11 is 1.64. The zero-order valence-corrected chi connectivity index (χ0v) is 13.9. The topological polar surface area (TPSA) is 51.2 Å². The molecule has 0 spiro atoms. The summed E-state index contributed by atoms with van der Waals surface area (Å²) in [6.07, 6.45) is 1.50. The van der Waals surface area contributed by atoms with Gasteiger partial charge in [0.2, 0.25) is 0 Å². The molecule has 2 atom stereocenters. The molecule has 3 rings (SSSR count). The molecule has 22 heavy (non-hydrogen) atoms. The molecule has 2 aromatic rings. The van der Waals surface area contributed by atoms with E-state index in [2.05, 4.69) is 41.5 Å². The fraction of sp³-hybridized carbons (Fsp3) is 0.412. The standard InChI is InChI=1S/C17H20N2O2S/c1-10-4-6-11(7-5-10)12-8-14-15(22-17(18-2)19-14)9-13(12)16(20)21-3/h4-7,12-13H,8-9H2,1-3H3,(H,18,19)/t12-,13+/m0/s1. The van der Waals surface area contributed by atoms with Gasteiger partial charge in [0.25, 0.3) is 0 Å². The van der Waals surface area contributed by atoms with Crippen molar-refractivity contribution in [1.82, 2.24) is 4.98 Å². The van der Waals surface area contributed by atoms with Crippen LogP contribution in [0.1, 0.15) is 27.6 Å². The molecule has 1 aliphatic rings. The highest BCUT2D eigenvalue weighted by Crippen LogP contribution is 2.40. The third-order valence-electron chi connectivity index (χ3n) is 4.31. The zero-order chi connectivity index (χ0) is 15.7. The molecule has 0 aliphatic heterocycles. The van der Waals surface area contributed by atoms with Crippen molar-refractivity contribution in [2.45, 2.75) is 25.7 Å². The Morgan fingerprint density at radius 2 is 2.05 bits per heavy atom. The number of benzene rings is 1. The van der Waals surface area contributed by atoms with Gasteiger partial charge in [-0.3, -0.25) is 4.79 Å². The van der Waals surface area contributed by atoms with Gasteiger partial charge in [-0.25, -0.2) is 4.98 Å². The number of rotatable bonds is 3. The minimum atomic E-state index is -0.134. The number of esters is 1. The summed E-state index contributed by atoms with van der Waals surface area (Å²) in [5.41, 5.74) is 3.52. The molecule has 0 unspecified atom stereocenters. The lowest BCUT2D eigenvalue weighted by molar-refractivity contribution is -0.146. The number of hydrogen-bond donors (Lipinski definition) is 1. The number of thiazole rings is 1. The van der Waals surface area contributed by atoms with Crippen molar-refractivity contribution in [2.75, 3.05) is 19.5 Å². The fourth-order valence-corrected chi connectivity index (χ4v) is 4.07. The lowest BCUT2D eigenvalue weighted by Crippen LogP contribution is -2.30. The lowest BCUT2D eigenvalue weighted by Gasteiger charge is -2.29. The Balaban J connectivity index is 1.98. The van der Waals surface area contributed by atoms with Crippen LogP contribution in [0.2, 0.25) is 0 Å². The van der Waals surface area contributed by atoms with E-state index in [4.69, 9.17) is 4.74 Å². The number of carbonyl (C=O) groups is 1. The van der Waals surface area contributed by atoms with Gasteiger partial charge in [0, 0.05) is 17.8 Å². The van der Waals surface area contributed by atoms with E-state index in [-0.39, 0.29) is 17.8 Å². The number of carbonyl (C=O) groups excluding carboxylic acids is 1. The molecular weight excluding hydrogens is 296 g/mol. The second-order valence-electron chi connectivity index (χ2n) is 5.69. The van der Waals surface area contributed by atoms with Crippen LogP contribution in [-0.4, -0.2) is 25.1 Å². The van der Waals surface area contributed by atoms with Gasteiger partial charge in [-0.1, -0.05) is 29.8 Å². The van der Waals surface area contributed by atoms with Crippen LogP contribution in [0.25, 0.3) is 0 Å². The van der Waals surface area contributed by atoms with Crippen LogP contribution >= 0.6 is 11.3 Å². The maximum absolute atomic E-state index is 12.3. The van der Waals surface area contributed by atoms with Crippen LogP contribution in [0.15, 0.2) is 24.3 Å². The number of methoxy groups -OCH3 is 1. The van der Waals surface area contributed by atoms with Crippen LogP contribution < -0.4 is 5.32 Å². The number of aryl methyl sites for hydroxylation is 1. The molecule has 0 bridgehead atoms. The molecule has 1 aromatic heterocycles. The second-order valence-corrected chi connectivity index (χ2v) is 6.78. The summed E-state index contributed by atoms with van der Waals surface area (Å²) < 4.78 is 5.04. The summed E-state index contributed by atoms with van der Waals surface area (Å²) in [5, 5.41) is 4.01. The quantitative estimate of drug-likeness (QED) is 0.884. The van der Waals surface area contributed by atoms with Crippen LogP contribution in [0.4, 0.5) is 5.13 Å². The number of nitrogens with zero attached hydrogens (tertiary/aromatic N) is 1. The summed E-state index contributed by atoms with van der Waals surface area (Å²) in [6.45, 7) is 2.07. The Kier molecular flexibility index (Phi) is 4.16. The number of aromatic nitrogens is 1. The first-order valence-electron chi connectivity index (χ1n) is 7.43. The molecule has 4 nitrogen and oxygen atoms in total. The number of hydrogen-bond acceptors (Lipinski definition) is 5. The number of anilines is 1. The SMILES string of the molecule is CNc1nc2c(s1)C[C@@H](C(=O)OC)[C@H](c1ccc(C)cc1)C2. The molecule has 0 amide bonds. The highest BCUT2D eigenvalue weighted by atomic mass is 32.1. The van der Waals surface area contributed by atoms with E-state index < -0.39 is 0 Å². The summed E-state index contributed by atoms with van der Waals surface area (Å²) in [7, 11) is 3.34. The van der Waals surface area contributed by atoms with Gasteiger partial charge in [0.1, 0.15) is 0 Å². The van der Waals surface area contributed by atoms with Crippen molar-refractivity contribution in [3.63, 3.8) is 0 Å². The van der Waals surface area contributed by atoms with Gasteiger partial charge >= 0.3 is 5.97 Å². The Morgan fingerprint density at radius 1 is 1.32 bits per heavy atom. The van der Waals surface area contributed by atoms with Crippen LogP contribution in [0, 0.1) is 12.8 Å². The number of fused-ring (bicyclic) bond motifs is 1. The molecule has 0 fully saturated rings. The molecule has 1 aromatic carbocycles. The highest BCUT2D eigenvalue weighted by Gasteiger charge is 2.37. The summed E-state index contributed by atoms with van der Waals surface area (Å²) in [5.74, 6) is -0.131. The Hall–Kier alpha value is -1.88. The average molecular weight is 316 g/mol. The van der Waals surface area contributed by atoms with E-state index >= 15 is 0 Å². The van der Waals surface area contributed by atoms with Crippen molar-refractivity contribution >= 4 is 22.4 Å². The third kappa shape index (κ3) is 2.73. The maximum Gasteiger partial charge on any atom is 0.309 e. The molecule has 0 radical (unpaired) electrons. The second kappa shape index (κ2) is 6.08. The van der Waals surface area contributed by atoms with Crippen molar-refractivity contribution in [1.29, 1.82) is 0 Å². The van der Waals surface area contributed by atoms with Gasteiger partial charge in [-0.2, -0.15) is 0 Å². The highest BCUT2D eigenvalue weighted by molar-refractivity contribution is 7.15. The van der Waals surface area contributed by atoms with Crippen molar-refractivity contribution in [3.8, 4) is 0 Å².